The lowest BCUT2D eigenvalue weighted by atomic mass is 9.68. The third kappa shape index (κ3) is 7.19. The van der Waals surface area contributed by atoms with Crippen molar-refractivity contribution in [1.29, 1.82) is 0 Å². The third-order valence-corrected chi connectivity index (χ3v) is 8.30. The Morgan fingerprint density at radius 2 is 1.41 bits per heavy atom. The van der Waals surface area contributed by atoms with E-state index >= 15 is 0 Å². The van der Waals surface area contributed by atoms with Crippen LogP contribution in [0.3, 0.4) is 0 Å². The van der Waals surface area contributed by atoms with Crippen LogP contribution >= 0.6 is 0 Å². The number of hydrogen-bond acceptors (Lipinski definition) is 1. The highest BCUT2D eigenvalue weighted by molar-refractivity contribution is 5.33. The average Bonchev–Trinajstić information content (AvgIpc) is 2.80. The van der Waals surface area contributed by atoms with Gasteiger partial charge in [-0.05, 0) is 99.7 Å². The van der Waals surface area contributed by atoms with E-state index in [1.54, 1.807) is 12.1 Å². The van der Waals surface area contributed by atoms with Crippen LogP contribution in [0.15, 0.2) is 12.1 Å². The Morgan fingerprint density at radius 1 is 0.812 bits per heavy atom. The Balaban J connectivity index is 1.49. The molecule has 0 radical (unpaired) electrons. The molecule has 2 fully saturated rings. The monoisotopic (exact) mass is 448 g/mol. The lowest BCUT2D eigenvalue weighted by Crippen LogP contribution is -2.25. The molecule has 1 aromatic carbocycles. The predicted molar refractivity (Wildman–Crippen MR) is 130 cm³/mol. The SMILES string of the molecule is CCCCCC[C@@H](C)Oc1c(F)cc([C@H]2CC[C@H]([C@H]3CC[C@H](CCC)CC3)CC2)cc1F. The first-order valence-electron chi connectivity index (χ1n) is 13.7. The van der Waals surface area contributed by atoms with Crippen molar-refractivity contribution >= 4 is 0 Å². The van der Waals surface area contributed by atoms with E-state index in [-0.39, 0.29) is 17.8 Å². The Kier molecular flexibility index (Phi) is 10.3. The van der Waals surface area contributed by atoms with Gasteiger partial charge in [-0.2, -0.15) is 0 Å². The topological polar surface area (TPSA) is 9.23 Å². The van der Waals surface area contributed by atoms with E-state index in [1.165, 1.54) is 64.2 Å². The van der Waals surface area contributed by atoms with Gasteiger partial charge in [-0.15, -0.1) is 0 Å². The summed E-state index contributed by atoms with van der Waals surface area (Å²) in [5.74, 6) is 1.69. The molecule has 0 heterocycles. The van der Waals surface area contributed by atoms with E-state index < -0.39 is 11.6 Å². The van der Waals surface area contributed by atoms with Gasteiger partial charge in [-0.1, -0.05) is 58.8 Å². The molecular weight excluding hydrogens is 402 g/mol. The number of ether oxygens (including phenoxy) is 1. The molecule has 1 nitrogen and oxygen atoms in total. The molecule has 3 heteroatoms. The zero-order valence-electron chi connectivity index (χ0n) is 20.8. The summed E-state index contributed by atoms with van der Waals surface area (Å²) in [7, 11) is 0. The van der Waals surface area contributed by atoms with Gasteiger partial charge in [-0.25, -0.2) is 8.78 Å². The summed E-state index contributed by atoms with van der Waals surface area (Å²) >= 11 is 0. The predicted octanol–water partition coefficient (Wildman–Crippen LogP) is 9.58. The van der Waals surface area contributed by atoms with E-state index in [4.69, 9.17) is 4.74 Å². The molecular formula is C29H46F2O. The van der Waals surface area contributed by atoms with Crippen LogP contribution in [0.1, 0.15) is 129 Å². The Morgan fingerprint density at radius 3 is 1.97 bits per heavy atom. The maximum absolute atomic E-state index is 14.8. The Hall–Kier alpha value is -1.12. The van der Waals surface area contributed by atoms with E-state index in [0.29, 0.717) is 0 Å². The summed E-state index contributed by atoms with van der Waals surface area (Å²) in [5.41, 5.74) is 0.827. The molecule has 0 saturated heterocycles. The third-order valence-electron chi connectivity index (χ3n) is 8.30. The Labute approximate surface area is 195 Å². The maximum Gasteiger partial charge on any atom is 0.191 e. The molecule has 1 atom stereocenters. The highest BCUT2D eigenvalue weighted by Crippen LogP contribution is 2.45. The molecule has 0 aromatic heterocycles. The summed E-state index contributed by atoms with van der Waals surface area (Å²) in [6.07, 6.45) is 18.1. The van der Waals surface area contributed by atoms with E-state index in [9.17, 15) is 8.78 Å². The van der Waals surface area contributed by atoms with Crippen molar-refractivity contribution in [2.75, 3.05) is 0 Å². The lowest BCUT2D eigenvalue weighted by Gasteiger charge is -2.38. The first-order chi connectivity index (χ1) is 15.5. The van der Waals surface area contributed by atoms with E-state index in [2.05, 4.69) is 13.8 Å². The van der Waals surface area contributed by atoms with Crippen molar-refractivity contribution in [1.82, 2.24) is 0 Å². The number of benzene rings is 1. The van der Waals surface area contributed by atoms with Crippen molar-refractivity contribution in [3.8, 4) is 5.75 Å². The number of halogens is 2. The lowest BCUT2D eigenvalue weighted by molar-refractivity contribution is 0.156. The molecule has 0 spiro atoms. The van der Waals surface area contributed by atoms with Gasteiger partial charge >= 0.3 is 0 Å². The first kappa shape index (κ1) is 25.5. The maximum atomic E-state index is 14.8. The van der Waals surface area contributed by atoms with E-state index in [1.807, 2.05) is 6.92 Å². The summed E-state index contributed by atoms with van der Waals surface area (Å²) in [4.78, 5) is 0. The van der Waals surface area contributed by atoms with Gasteiger partial charge in [0.2, 0.25) is 0 Å². The van der Waals surface area contributed by atoms with Gasteiger partial charge in [0.25, 0.3) is 0 Å². The Bertz CT molecular complexity index is 649. The summed E-state index contributed by atoms with van der Waals surface area (Å²) < 4.78 is 35.2. The molecule has 1 aromatic rings. The highest BCUT2D eigenvalue weighted by atomic mass is 19.1. The van der Waals surface area contributed by atoms with Crippen LogP contribution in [0, 0.1) is 29.4 Å². The minimum absolute atomic E-state index is 0.162. The van der Waals surface area contributed by atoms with Crippen LogP contribution in [0.4, 0.5) is 8.78 Å². The highest BCUT2D eigenvalue weighted by Gasteiger charge is 2.31. The zero-order chi connectivity index (χ0) is 22.9. The fourth-order valence-electron chi connectivity index (χ4n) is 6.33. The number of hydrogen-bond donors (Lipinski definition) is 0. The van der Waals surface area contributed by atoms with Gasteiger partial charge in [-0.3, -0.25) is 0 Å². The van der Waals surface area contributed by atoms with Gasteiger partial charge in [0.15, 0.2) is 17.4 Å². The second kappa shape index (κ2) is 12.9. The zero-order valence-corrected chi connectivity index (χ0v) is 20.8. The molecule has 0 N–H and O–H groups in total. The molecule has 2 aliphatic carbocycles. The van der Waals surface area contributed by atoms with Crippen LogP contribution in [0.5, 0.6) is 5.75 Å². The molecule has 2 aliphatic rings. The smallest absolute Gasteiger partial charge is 0.191 e. The van der Waals surface area contributed by atoms with Gasteiger partial charge < -0.3 is 4.74 Å². The standard InChI is InChI=1S/C29H46F2O/c1-4-6-7-8-10-21(3)32-29-27(30)19-26(20-28(29)31)25-17-15-24(16-18-25)23-13-11-22(9-5-2)12-14-23/h19-25H,4-18H2,1-3H3/t21-,22-,23-,24-,25-/m1/s1. The van der Waals surface area contributed by atoms with Crippen molar-refractivity contribution in [2.24, 2.45) is 17.8 Å². The minimum Gasteiger partial charge on any atom is -0.485 e. The first-order valence-corrected chi connectivity index (χ1v) is 13.7. The van der Waals surface area contributed by atoms with Crippen LogP contribution in [-0.2, 0) is 0 Å². The molecule has 0 unspecified atom stereocenters. The van der Waals surface area contributed by atoms with Crippen LogP contribution in [0.25, 0.3) is 0 Å². The second-order valence-electron chi connectivity index (χ2n) is 10.8. The normalized spacial score (nSPS) is 27.3. The van der Waals surface area contributed by atoms with Gasteiger partial charge in [0.1, 0.15) is 0 Å². The molecule has 2 saturated carbocycles. The summed E-state index contributed by atoms with van der Waals surface area (Å²) in [5, 5.41) is 0. The van der Waals surface area contributed by atoms with Crippen molar-refractivity contribution < 1.29 is 13.5 Å². The quantitative estimate of drug-likeness (QED) is 0.306. The van der Waals surface area contributed by atoms with Gasteiger partial charge in [0.05, 0.1) is 6.10 Å². The molecule has 182 valence electrons. The fourth-order valence-corrected chi connectivity index (χ4v) is 6.33. The van der Waals surface area contributed by atoms with E-state index in [0.717, 1.165) is 55.4 Å². The van der Waals surface area contributed by atoms with Crippen molar-refractivity contribution in [2.45, 2.75) is 129 Å². The van der Waals surface area contributed by atoms with Gasteiger partial charge in [0, 0.05) is 0 Å². The van der Waals surface area contributed by atoms with Crippen molar-refractivity contribution in [3.05, 3.63) is 29.3 Å². The van der Waals surface area contributed by atoms with Crippen LogP contribution in [-0.4, -0.2) is 6.10 Å². The molecule has 32 heavy (non-hydrogen) atoms. The van der Waals surface area contributed by atoms with Crippen molar-refractivity contribution in [3.63, 3.8) is 0 Å². The minimum atomic E-state index is -0.531. The fraction of sp³-hybridized carbons (Fsp3) is 0.793. The molecule has 0 aliphatic heterocycles. The average molecular weight is 449 g/mol. The number of unbranched alkanes of at least 4 members (excludes halogenated alkanes) is 3. The largest absolute Gasteiger partial charge is 0.485 e. The molecule has 0 amide bonds. The van der Waals surface area contributed by atoms with Crippen LogP contribution < -0.4 is 4.74 Å². The number of rotatable bonds is 11. The summed E-state index contributed by atoms with van der Waals surface area (Å²) in [6, 6.07) is 3.09. The second-order valence-corrected chi connectivity index (χ2v) is 10.8. The van der Waals surface area contributed by atoms with Crippen LogP contribution in [0.2, 0.25) is 0 Å². The molecule has 3 rings (SSSR count). The molecule has 0 bridgehead atoms. The summed E-state index contributed by atoms with van der Waals surface area (Å²) in [6.45, 7) is 6.39.